The van der Waals surface area contributed by atoms with E-state index in [2.05, 4.69) is 49.3 Å². The lowest BCUT2D eigenvalue weighted by Crippen LogP contribution is -2.47. The Kier molecular flexibility index (Phi) is 4.83. The van der Waals surface area contributed by atoms with E-state index in [1.165, 1.54) is 25.1 Å². The average Bonchev–Trinajstić information content (AvgIpc) is 2.42. The van der Waals surface area contributed by atoms with Gasteiger partial charge >= 0.3 is 0 Å². The molecule has 1 aromatic carbocycles. The summed E-state index contributed by atoms with van der Waals surface area (Å²) in [4.78, 5) is 2.42. The predicted molar refractivity (Wildman–Crippen MR) is 79.6 cm³/mol. The molecular weight excluding hydrogens is 236 g/mol. The van der Waals surface area contributed by atoms with Crippen molar-refractivity contribution in [3.8, 4) is 5.75 Å². The van der Waals surface area contributed by atoms with Crippen molar-refractivity contribution in [2.45, 2.75) is 32.4 Å². The molecule has 3 unspecified atom stereocenters. The first-order chi connectivity index (χ1) is 9.10. The molecule has 0 spiro atoms. The molecular formula is C16H26N2O. The van der Waals surface area contributed by atoms with Crippen LogP contribution in [0.15, 0.2) is 24.3 Å². The zero-order chi connectivity index (χ0) is 13.8. The zero-order valence-electron chi connectivity index (χ0n) is 12.5. The number of nitrogens with one attached hydrogen (secondary N) is 1. The van der Waals surface area contributed by atoms with E-state index in [9.17, 15) is 0 Å². The highest BCUT2D eigenvalue weighted by Crippen LogP contribution is 2.22. The van der Waals surface area contributed by atoms with Crippen LogP contribution < -0.4 is 10.1 Å². The van der Waals surface area contributed by atoms with Crippen molar-refractivity contribution in [2.75, 3.05) is 27.2 Å². The molecule has 19 heavy (non-hydrogen) atoms. The lowest BCUT2D eigenvalue weighted by molar-refractivity contribution is 0.168. The molecule has 0 saturated carbocycles. The number of piperidine rings is 1. The summed E-state index contributed by atoms with van der Waals surface area (Å²) in [6.07, 6.45) is 1.23. The van der Waals surface area contributed by atoms with Crippen molar-refractivity contribution in [3.05, 3.63) is 29.8 Å². The largest absolute Gasteiger partial charge is 0.497 e. The van der Waals surface area contributed by atoms with Gasteiger partial charge in [0.25, 0.3) is 0 Å². The van der Waals surface area contributed by atoms with Crippen LogP contribution in [0.4, 0.5) is 0 Å². The lowest BCUT2D eigenvalue weighted by atomic mass is 9.93. The molecule has 3 atom stereocenters. The summed E-state index contributed by atoms with van der Waals surface area (Å²) < 4.78 is 5.30. The van der Waals surface area contributed by atoms with Crippen LogP contribution in [-0.2, 0) is 0 Å². The molecule has 0 radical (unpaired) electrons. The van der Waals surface area contributed by atoms with Gasteiger partial charge < -0.3 is 15.0 Å². The quantitative estimate of drug-likeness (QED) is 0.903. The van der Waals surface area contributed by atoms with Crippen LogP contribution >= 0.6 is 0 Å². The number of likely N-dealkylation sites (tertiary alicyclic amines) is 1. The molecule has 1 aliphatic heterocycles. The fourth-order valence-electron chi connectivity index (χ4n) is 2.93. The van der Waals surface area contributed by atoms with Crippen LogP contribution in [0.1, 0.15) is 31.9 Å². The second-order valence-corrected chi connectivity index (χ2v) is 5.80. The van der Waals surface area contributed by atoms with Crippen molar-refractivity contribution < 1.29 is 4.74 Å². The molecule has 1 heterocycles. The van der Waals surface area contributed by atoms with E-state index < -0.39 is 0 Å². The van der Waals surface area contributed by atoms with Crippen LogP contribution in [0.2, 0.25) is 0 Å². The van der Waals surface area contributed by atoms with Crippen LogP contribution in [0.25, 0.3) is 0 Å². The summed E-state index contributed by atoms with van der Waals surface area (Å²) >= 11 is 0. The third-order valence-electron chi connectivity index (χ3n) is 4.17. The molecule has 1 N–H and O–H groups in total. The van der Waals surface area contributed by atoms with Gasteiger partial charge in [-0.1, -0.05) is 19.1 Å². The number of hydrogen-bond donors (Lipinski definition) is 1. The van der Waals surface area contributed by atoms with Gasteiger partial charge in [-0.2, -0.15) is 0 Å². The fraction of sp³-hybridized carbons (Fsp3) is 0.625. The minimum atomic E-state index is 0.367. The maximum atomic E-state index is 5.30. The second kappa shape index (κ2) is 6.40. The maximum absolute atomic E-state index is 5.30. The highest BCUT2D eigenvalue weighted by molar-refractivity contribution is 5.30. The highest BCUT2D eigenvalue weighted by atomic mass is 16.5. The van der Waals surface area contributed by atoms with Gasteiger partial charge in [0.1, 0.15) is 5.75 Å². The minimum Gasteiger partial charge on any atom is -0.497 e. The fourth-order valence-corrected chi connectivity index (χ4v) is 2.93. The molecule has 0 amide bonds. The van der Waals surface area contributed by atoms with Crippen molar-refractivity contribution in [1.82, 2.24) is 10.2 Å². The van der Waals surface area contributed by atoms with Crippen molar-refractivity contribution >= 4 is 0 Å². The van der Waals surface area contributed by atoms with Crippen LogP contribution in [-0.4, -0.2) is 38.2 Å². The number of rotatable bonds is 4. The molecule has 1 aromatic rings. The first-order valence-electron chi connectivity index (χ1n) is 7.18. The Morgan fingerprint density at radius 3 is 2.89 bits per heavy atom. The molecule has 1 aliphatic rings. The summed E-state index contributed by atoms with van der Waals surface area (Å²) in [6.45, 7) is 6.95. The monoisotopic (exact) mass is 262 g/mol. The van der Waals surface area contributed by atoms with Gasteiger partial charge in [0.2, 0.25) is 0 Å². The number of benzene rings is 1. The number of hydrogen-bond acceptors (Lipinski definition) is 3. The van der Waals surface area contributed by atoms with E-state index >= 15 is 0 Å². The Morgan fingerprint density at radius 1 is 1.42 bits per heavy atom. The molecule has 0 bridgehead atoms. The van der Waals surface area contributed by atoms with E-state index in [1.807, 2.05) is 6.07 Å². The van der Waals surface area contributed by atoms with Crippen LogP contribution in [0.3, 0.4) is 0 Å². The van der Waals surface area contributed by atoms with Gasteiger partial charge in [-0.25, -0.2) is 0 Å². The average molecular weight is 262 g/mol. The SMILES string of the molecule is COc1cccc(C(C)NC2CCN(C)CC2C)c1. The Bertz CT molecular complexity index is 407. The topological polar surface area (TPSA) is 24.5 Å². The van der Waals surface area contributed by atoms with Gasteiger partial charge in [-0.3, -0.25) is 0 Å². The molecule has 3 heteroatoms. The van der Waals surface area contributed by atoms with Gasteiger partial charge in [-0.05, 0) is 50.6 Å². The summed E-state index contributed by atoms with van der Waals surface area (Å²) in [6, 6.07) is 9.32. The lowest BCUT2D eigenvalue weighted by Gasteiger charge is -2.37. The van der Waals surface area contributed by atoms with Gasteiger partial charge in [-0.15, -0.1) is 0 Å². The molecule has 2 rings (SSSR count). The van der Waals surface area contributed by atoms with Gasteiger partial charge in [0.15, 0.2) is 0 Å². The molecule has 106 valence electrons. The van der Waals surface area contributed by atoms with Crippen molar-refractivity contribution in [2.24, 2.45) is 5.92 Å². The molecule has 0 aromatic heterocycles. The first kappa shape index (κ1) is 14.4. The molecule has 0 aliphatic carbocycles. The van der Waals surface area contributed by atoms with Crippen LogP contribution in [0, 0.1) is 5.92 Å². The van der Waals surface area contributed by atoms with Crippen molar-refractivity contribution in [3.63, 3.8) is 0 Å². The van der Waals surface area contributed by atoms with E-state index in [4.69, 9.17) is 4.74 Å². The Hall–Kier alpha value is -1.06. The third kappa shape index (κ3) is 3.71. The van der Waals surface area contributed by atoms with Crippen molar-refractivity contribution in [1.29, 1.82) is 0 Å². The standard InChI is InChI=1S/C16H26N2O/c1-12-11-18(3)9-8-16(12)17-13(2)14-6-5-7-15(10-14)19-4/h5-7,10,12-13,16-17H,8-9,11H2,1-4H3. The first-order valence-corrected chi connectivity index (χ1v) is 7.18. The van der Waals surface area contributed by atoms with Gasteiger partial charge in [0.05, 0.1) is 7.11 Å². The Labute approximate surface area is 116 Å². The summed E-state index contributed by atoms with van der Waals surface area (Å²) in [5, 5.41) is 3.77. The Morgan fingerprint density at radius 2 is 2.21 bits per heavy atom. The number of nitrogens with zero attached hydrogens (tertiary/aromatic N) is 1. The van der Waals surface area contributed by atoms with Crippen LogP contribution in [0.5, 0.6) is 5.75 Å². The smallest absolute Gasteiger partial charge is 0.119 e. The predicted octanol–water partition coefficient (Wildman–Crippen LogP) is 2.69. The summed E-state index contributed by atoms with van der Waals surface area (Å²) in [5.74, 6) is 1.63. The van der Waals surface area contributed by atoms with E-state index in [1.54, 1.807) is 7.11 Å². The molecule has 1 saturated heterocycles. The van der Waals surface area contributed by atoms with E-state index in [0.717, 1.165) is 5.75 Å². The zero-order valence-corrected chi connectivity index (χ0v) is 12.5. The third-order valence-corrected chi connectivity index (χ3v) is 4.17. The molecule has 1 fully saturated rings. The van der Waals surface area contributed by atoms with E-state index in [0.29, 0.717) is 18.0 Å². The summed E-state index contributed by atoms with van der Waals surface area (Å²) in [5.41, 5.74) is 1.30. The normalized spacial score (nSPS) is 26.1. The molecule has 3 nitrogen and oxygen atoms in total. The van der Waals surface area contributed by atoms with E-state index in [-0.39, 0.29) is 0 Å². The summed E-state index contributed by atoms with van der Waals surface area (Å²) in [7, 11) is 3.93. The van der Waals surface area contributed by atoms with Gasteiger partial charge in [0, 0.05) is 18.6 Å². The maximum Gasteiger partial charge on any atom is 0.119 e. The number of ether oxygens (including phenoxy) is 1. The second-order valence-electron chi connectivity index (χ2n) is 5.80. The minimum absolute atomic E-state index is 0.367. The highest BCUT2D eigenvalue weighted by Gasteiger charge is 2.25. The Balaban J connectivity index is 1.98. The number of methoxy groups -OCH3 is 1.